The molecule has 0 rings (SSSR count). The van der Waals surface area contributed by atoms with Crippen LogP contribution in [0.5, 0.6) is 0 Å². The molecular formula is C78H156N2O6P+. The molecule has 0 aromatic carbocycles. The minimum atomic E-state index is -4.33. The number of aliphatic hydroxyl groups is 1. The smallest absolute Gasteiger partial charge is 0.391 e. The van der Waals surface area contributed by atoms with E-state index >= 15 is 0 Å². The number of likely N-dealkylation sites (N-methyl/N-ethyl adjacent to an activating group) is 1. The van der Waals surface area contributed by atoms with Crippen molar-refractivity contribution in [2.75, 3.05) is 40.9 Å². The number of rotatable bonds is 74. The normalized spacial score (nSPS) is 13.6. The molecule has 0 fully saturated rings. The van der Waals surface area contributed by atoms with Gasteiger partial charge in [-0.2, -0.15) is 0 Å². The highest BCUT2D eigenvalue weighted by Gasteiger charge is 2.28. The van der Waals surface area contributed by atoms with Gasteiger partial charge in [-0.05, 0) is 44.9 Å². The van der Waals surface area contributed by atoms with Gasteiger partial charge >= 0.3 is 7.82 Å². The van der Waals surface area contributed by atoms with Gasteiger partial charge in [0.2, 0.25) is 5.91 Å². The van der Waals surface area contributed by atoms with Crippen LogP contribution >= 0.6 is 7.82 Å². The number of nitrogens with one attached hydrogen (secondary N) is 1. The van der Waals surface area contributed by atoms with Gasteiger partial charge in [0.15, 0.2) is 0 Å². The van der Waals surface area contributed by atoms with Gasteiger partial charge in [0, 0.05) is 6.42 Å². The number of amides is 1. The molecular weight excluding hydrogens is 1090 g/mol. The fourth-order valence-corrected chi connectivity index (χ4v) is 13.1. The maximum atomic E-state index is 13.1. The van der Waals surface area contributed by atoms with Crippen LogP contribution in [0, 0.1) is 0 Å². The van der Waals surface area contributed by atoms with Crippen molar-refractivity contribution in [3.63, 3.8) is 0 Å². The number of allylic oxidation sites excluding steroid dienone is 4. The number of hydrogen-bond donors (Lipinski definition) is 3. The Morgan fingerprint density at radius 1 is 0.391 bits per heavy atom. The average molecular weight is 1250 g/mol. The third kappa shape index (κ3) is 72.3. The van der Waals surface area contributed by atoms with Crippen molar-refractivity contribution in [2.24, 2.45) is 0 Å². The molecule has 3 N–H and O–H groups in total. The first-order valence-electron chi connectivity index (χ1n) is 39.2. The molecule has 3 unspecified atom stereocenters. The van der Waals surface area contributed by atoms with E-state index in [1.54, 1.807) is 0 Å². The number of nitrogens with zero attached hydrogens (tertiary/aromatic N) is 1. The van der Waals surface area contributed by atoms with Crippen LogP contribution in [-0.2, 0) is 18.4 Å². The molecule has 8 nitrogen and oxygen atoms in total. The summed E-state index contributed by atoms with van der Waals surface area (Å²) in [5, 5.41) is 14.2. The minimum absolute atomic E-state index is 0.0782. The second kappa shape index (κ2) is 69.3. The van der Waals surface area contributed by atoms with Crippen LogP contribution in [0.25, 0.3) is 0 Å². The van der Waals surface area contributed by atoms with Gasteiger partial charge in [-0.15, -0.1) is 0 Å². The summed E-state index contributed by atoms with van der Waals surface area (Å²) in [6, 6.07) is -0.760. The molecule has 0 radical (unpaired) electrons. The van der Waals surface area contributed by atoms with Gasteiger partial charge in [0.25, 0.3) is 0 Å². The van der Waals surface area contributed by atoms with E-state index in [4.69, 9.17) is 9.05 Å². The topological polar surface area (TPSA) is 105 Å². The predicted octanol–water partition coefficient (Wildman–Crippen LogP) is 25.4. The third-order valence-electron chi connectivity index (χ3n) is 18.5. The molecule has 3 atom stereocenters. The standard InChI is InChI=1S/C78H155N2O6P/c1-6-8-10-12-14-16-18-20-22-24-26-28-30-32-34-36-37-38-39-40-41-42-43-44-46-48-50-52-54-56-58-60-62-64-66-68-70-72-78(82)79-76(75-86-87(83,84)85-74-73-80(3,4)5)77(81)71-69-67-65-63-61-59-57-55-53-51-49-47-45-35-33-31-29-27-25-23-21-19-17-15-13-11-9-7-2/h18,20,24,26,76-77,81H,6-17,19,21-23,25,27-75H2,1-5H3,(H-,79,82,83,84)/p+1/b20-18-,26-24-. The lowest BCUT2D eigenvalue weighted by Gasteiger charge is -2.26. The molecule has 0 aliphatic carbocycles. The number of carbonyl (C=O) groups excluding carboxylic acids is 1. The highest BCUT2D eigenvalue weighted by atomic mass is 31.2. The molecule has 0 aliphatic heterocycles. The second-order valence-electron chi connectivity index (χ2n) is 28.4. The number of phosphoric ester groups is 1. The summed E-state index contributed by atoms with van der Waals surface area (Å²) in [6.07, 6.45) is 91.8. The van der Waals surface area contributed by atoms with Crippen molar-refractivity contribution in [3.8, 4) is 0 Å². The van der Waals surface area contributed by atoms with E-state index in [0.29, 0.717) is 23.9 Å². The zero-order valence-electron chi connectivity index (χ0n) is 59.6. The van der Waals surface area contributed by atoms with E-state index in [9.17, 15) is 19.4 Å². The van der Waals surface area contributed by atoms with E-state index < -0.39 is 20.0 Å². The Morgan fingerprint density at radius 2 is 0.655 bits per heavy atom. The van der Waals surface area contributed by atoms with Crippen LogP contribution < -0.4 is 5.32 Å². The Kier molecular flexibility index (Phi) is 68.5. The lowest BCUT2D eigenvalue weighted by Crippen LogP contribution is -2.46. The Hall–Kier alpha value is -1.02. The largest absolute Gasteiger partial charge is 0.472 e. The van der Waals surface area contributed by atoms with Crippen LogP contribution in [-0.4, -0.2) is 73.4 Å². The zero-order valence-corrected chi connectivity index (χ0v) is 60.4. The lowest BCUT2D eigenvalue weighted by molar-refractivity contribution is -0.870. The summed E-state index contributed by atoms with van der Waals surface area (Å²) in [5.74, 6) is -0.134. The van der Waals surface area contributed by atoms with E-state index in [2.05, 4.69) is 43.5 Å². The van der Waals surface area contributed by atoms with Crippen molar-refractivity contribution in [1.29, 1.82) is 0 Å². The van der Waals surface area contributed by atoms with Gasteiger partial charge < -0.3 is 19.8 Å². The van der Waals surface area contributed by atoms with Crippen molar-refractivity contribution < 1.29 is 32.9 Å². The van der Waals surface area contributed by atoms with E-state index in [0.717, 1.165) is 44.9 Å². The van der Waals surface area contributed by atoms with Crippen LogP contribution in [0.1, 0.15) is 418 Å². The molecule has 9 heteroatoms. The van der Waals surface area contributed by atoms with Crippen LogP contribution in [0.4, 0.5) is 0 Å². The highest BCUT2D eigenvalue weighted by molar-refractivity contribution is 7.47. The first-order valence-corrected chi connectivity index (χ1v) is 40.7. The summed E-state index contributed by atoms with van der Waals surface area (Å²) in [5.41, 5.74) is 0. The van der Waals surface area contributed by atoms with Gasteiger partial charge in [-0.1, -0.05) is 391 Å². The van der Waals surface area contributed by atoms with Crippen molar-refractivity contribution >= 4 is 13.7 Å². The van der Waals surface area contributed by atoms with Crippen molar-refractivity contribution in [2.45, 2.75) is 431 Å². The molecule has 0 aromatic heterocycles. The number of aliphatic hydroxyl groups excluding tert-OH is 1. The quantitative estimate of drug-likeness (QED) is 0.0243. The highest BCUT2D eigenvalue weighted by Crippen LogP contribution is 2.43. The first-order chi connectivity index (χ1) is 42.5. The molecule has 0 spiro atoms. The summed E-state index contributed by atoms with van der Waals surface area (Å²) < 4.78 is 24.0. The predicted molar refractivity (Wildman–Crippen MR) is 383 cm³/mol. The van der Waals surface area contributed by atoms with E-state index in [-0.39, 0.29) is 19.1 Å². The summed E-state index contributed by atoms with van der Waals surface area (Å²) in [7, 11) is 1.64. The van der Waals surface area contributed by atoms with E-state index in [1.165, 1.54) is 347 Å². The van der Waals surface area contributed by atoms with Gasteiger partial charge in [-0.3, -0.25) is 13.8 Å². The molecule has 0 aromatic rings. The number of unbranched alkanes of at least 4 members (excludes halogenated alkanes) is 57. The Bertz CT molecular complexity index is 1470. The van der Waals surface area contributed by atoms with Gasteiger partial charge in [0.1, 0.15) is 13.2 Å². The van der Waals surface area contributed by atoms with Crippen LogP contribution in [0.2, 0.25) is 0 Å². The molecule has 0 aliphatic rings. The number of carbonyl (C=O) groups is 1. The number of quaternary nitrogens is 1. The molecule has 0 saturated heterocycles. The SMILES string of the molecule is CCCCCCC/C=C\C/C=C\CCCCCCCCCCCCCCCCCCCCCCCCCCCC(=O)NC(COP(=O)(O)OCC[N+](C)(C)C)C(O)CCCCCCCCCCCCCCCCCCCCCCCCCCCCCC. The van der Waals surface area contributed by atoms with Gasteiger partial charge in [0.05, 0.1) is 39.9 Å². The van der Waals surface area contributed by atoms with Crippen LogP contribution in [0.15, 0.2) is 24.3 Å². The van der Waals surface area contributed by atoms with Crippen molar-refractivity contribution in [3.05, 3.63) is 24.3 Å². The lowest BCUT2D eigenvalue weighted by atomic mass is 10.0. The van der Waals surface area contributed by atoms with Gasteiger partial charge in [-0.25, -0.2) is 4.57 Å². The fraction of sp³-hybridized carbons (Fsp3) is 0.936. The van der Waals surface area contributed by atoms with Crippen LogP contribution in [0.3, 0.4) is 0 Å². The summed E-state index contributed by atoms with van der Waals surface area (Å²) in [6.45, 7) is 4.95. The average Bonchev–Trinajstić information content (AvgIpc) is 3.70. The minimum Gasteiger partial charge on any atom is -0.391 e. The number of hydrogen-bond acceptors (Lipinski definition) is 5. The maximum Gasteiger partial charge on any atom is 0.472 e. The monoisotopic (exact) mass is 1250 g/mol. The molecule has 0 bridgehead atoms. The molecule has 0 saturated carbocycles. The Morgan fingerprint density at radius 3 is 0.943 bits per heavy atom. The third-order valence-corrected chi connectivity index (χ3v) is 19.4. The van der Waals surface area contributed by atoms with E-state index in [1.807, 2.05) is 21.1 Å². The molecule has 87 heavy (non-hydrogen) atoms. The fourth-order valence-electron chi connectivity index (χ4n) is 12.4. The summed E-state index contributed by atoms with van der Waals surface area (Å²) >= 11 is 0. The summed E-state index contributed by atoms with van der Waals surface area (Å²) in [4.78, 5) is 23.5. The molecule has 518 valence electrons. The second-order valence-corrected chi connectivity index (χ2v) is 29.9. The molecule has 1 amide bonds. The first kappa shape index (κ1) is 86.0. The Labute approximate surface area is 545 Å². The zero-order chi connectivity index (χ0) is 63.4. The Balaban J connectivity index is 3.91. The molecule has 0 heterocycles. The van der Waals surface area contributed by atoms with Crippen molar-refractivity contribution in [1.82, 2.24) is 5.32 Å². The number of phosphoric acid groups is 1. The maximum absolute atomic E-state index is 13.1.